The Morgan fingerprint density at radius 2 is 0.722 bits per heavy atom. The van der Waals surface area contributed by atoms with Gasteiger partial charge in [-0.15, -0.1) is 24.7 Å². The molecule has 0 aliphatic carbocycles. The van der Waals surface area contributed by atoms with Crippen LogP contribution in [0.2, 0.25) is 0 Å². The van der Waals surface area contributed by atoms with Gasteiger partial charge >= 0.3 is 0 Å². The van der Waals surface area contributed by atoms with Crippen LogP contribution >= 0.6 is 0 Å². The van der Waals surface area contributed by atoms with Crippen LogP contribution in [-0.2, 0) is 0 Å². The van der Waals surface area contributed by atoms with Gasteiger partial charge in [-0.25, -0.2) is 0 Å². The molecular formula is C18H30. The first-order valence-electron chi connectivity index (χ1n) is 7.20. The summed E-state index contributed by atoms with van der Waals surface area (Å²) in [5.41, 5.74) is 0. The van der Waals surface area contributed by atoms with E-state index in [1.165, 1.54) is 0 Å². The van der Waals surface area contributed by atoms with Gasteiger partial charge in [-0.1, -0.05) is 48.5 Å². The highest BCUT2D eigenvalue weighted by Gasteiger charge is 2.30. The highest BCUT2D eigenvalue weighted by Crippen LogP contribution is 2.36. The van der Waals surface area contributed by atoms with Gasteiger partial charge in [-0.3, -0.25) is 0 Å². The third-order valence-corrected chi connectivity index (χ3v) is 5.42. The van der Waals surface area contributed by atoms with Crippen LogP contribution in [-0.4, -0.2) is 0 Å². The van der Waals surface area contributed by atoms with Crippen LogP contribution in [0.1, 0.15) is 48.5 Å². The molecule has 0 nitrogen and oxygen atoms in total. The zero-order valence-corrected chi connectivity index (χ0v) is 13.2. The van der Waals surface area contributed by atoms with Gasteiger partial charge in [0.1, 0.15) is 0 Å². The Morgan fingerprint density at radius 1 is 0.500 bits per heavy atom. The molecule has 0 aromatic carbocycles. The lowest BCUT2D eigenvalue weighted by Gasteiger charge is -2.36. The van der Waals surface area contributed by atoms with Gasteiger partial charge in [0.25, 0.3) is 0 Å². The topological polar surface area (TPSA) is 0 Å². The summed E-state index contributed by atoms with van der Waals surface area (Å²) in [6, 6.07) is 0. The van der Waals surface area contributed by atoms with Gasteiger partial charge in [-0.05, 0) is 29.6 Å². The summed E-state index contributed by atoms with van der Waals surface area (Å²) in [5.74, 6) is 9.43. The maximum absolute atomic E-state index is 5.54. The van der Waals surface area contributed by atoms with E-state index < -0.39 is 0 Å². The quantitative estimate of drug-likeness (QED) is 0.596. The maximum atomic E-state index is 5.54. The summed E-state index contributed by atoms with van der Waals surface area (Å²) in [6.07, 6.45) is 11.1. The second-order valence-corrected chi connectivity index (χ2v) is 6.21. The molecular weight excluding hydrogens is 216 g/mol. The minimum Gasteiger partial charge on any atom is -0.120 e. The highest BCUT2D eigenvalue weighted by molar-refractivity contribution is 4.97. The van der Waals surface area contributed by atoms with Crippen molar-refractivity contribution in [2.24, 2.45) is 41.4 Å². The van der Waals surface area contributed by atoms with E-state index in [1.807, 2.05) is 0 Å². The fourth-order valence-electron chi connectivity index (χ4n) is 2.65. The summed E-state index contributed by atoms with van der Waals surface area (Å²) in [5, 5.41) is 0. The second kappa shape index (κ2) is 7.53. The predicted octanol–water partition coefficient (Wildman–Crippen LogP) is 4.71. The van der Waals surface area contributed by atoms with Crippen LogP contribution in [0.25, 0.3) is 0 Å². The standard InChI is InChI=1S/C18H30/c1-10-12(3)14(5)16(7)18(9)17(8)15(6)13(4)11-2/h1-2,12-18H,3-9H3/t12-,13+,14+,15-,16-,17+,18?. The number of rotatable bonds is 6. The summed E-state index contributed by atoms with van der Waals surface area (Å²) < 4.78 is 0. The van der Waals surface area contributed by atoms with Crippen LogP contribution in [0, 0.1) is 66.1 Å². The Balaban J connectivity index is 4.70. The van der Waals surface area contributed by atoms with Crippen molar-refractivity contribution in [2.45, 2.75) is 48.5 Å². The normalized spacial score (nSPS) is 22.7. The molecule has 0 saturated heterocycles. The molecule has 0 fully saturated rings. The van der Waals surface area contributed by atoms with Crippen molar-refractivity contribution in [3.05, 3.63) is 0 Å². The van der Waals surface area contributed by atoms with Crippen LogP contribution in [0.5, 0.6) is 0 Å². The van der Waals surface area contributed by atoms with Crippen molar-refractivity contribution >= 4 is 0 Å². The molecule has 0 aliphatic heterocycles. The third-order valence-electron chi connectivity index (χ3n) is 5.42. The van der Waals surface area contributed by atoms with Crippen molar-refractivity contribution in [1.82, 2.24) is 0 Å². The molecule has 0 aromatic heterocycles. The molecule has 0 spiro atoms. The van der Waals surface area contributed by atoms with E-state index in [9.17, 15) is 0 Å². The molecule has 0 bridgehead atoms. The average molecular weight is 246 g/mol. The van der Waals surface area contributed by atoms with Crippen molar-refractivity contribution < 1.29 is 0 Å². The van der Waals surface area contributed by atoms with Gasteiger partial charge < -0.3 is 0 Å². The van der Waals surface area contributed by atoms with Crippen molar-refractivity contribution in [1.29, 1.82) is 0 Å². The molecule has 18 heavy (non-hydrogen) atoms. The number of hydrogen-bond acceptors (Lipinski definition) is 0. The fourth-order valence-corrected chi connectivity index (χ4v) is 2.65. The lowest BCUT2D eigenvalue weighted by Crippen LogP contribution is -2.30. The molecule has 0 saturated carbocycles. The molecule has 0 amide bonds. The van der Waals surface area contributed by atoms with Crippen LogP contribution in [0.3, 0.4) is 0 Å². The molecule has 0 aromatic rings. The second-order valence-electron chi connectivity index (χ2n) is 6.21. The summed E-state index contributed by atoms with van der Waals surface area (Å²) in [6.45, 7) is 15.8. The smallest absolute Gasteiger partial charge is 0.0200 e. The van der Waals surface area contributed by atoms with Gasteiger partial charge in [0.05, 0.1) is 0 Å². The molecule has 0 heterocycles. The summed E-state index contributed by atoms with van der Waals surface area (Å²) >= 11 is 0. The van der Waals surface area contributed by atoms with Crippen LogP contribution in [0.4, 0.5) is 0 Å². The Hall–Kier alpha value is -0.880. The maximum Gasteiger partial charge on any atom is 0.0200 e. The first-order chi connectivity index (χ1) is 8.27. The van der Waals surface area contributed by atoms with Gasteiger partial charge in [0.15, 0.2) is 0 Å². The van der Waals surface area contributed by atoms with E-state index in [-0.39, 0.29) is 0 Å². The Morgan fingerprint density at radius 3 is 0.944 bits per heavy atom. The highest BCUT2D eigenvalue weighted by atomic mass is 14.3. The fraction of sp³-hybridized carbons (Fsp3) is 0.778. The predicted molar refractivity (Wildman–Crippen MR) is 81.8 cm³/mol. The SMILES string of the molecule is C#C[C@@H](C)[C@H](C)[C@@H](C)C(C)[C@@H](C)[C@H](C)[C@@H](C)C#C. The number of terminal acetylenes is 2. The first-order valence-corrected chi connectivity index (χ1v) is 7.20. The van der Waals surface area contributed by atoms with E-state index in [1.54, 1.807) is 0 Å². The average Bonchev–Trinajstić information content (AvgIpc) is 2.40. The van der Waals surface area contributed by atoms with E-state index in [0.29, 0.717) is 41.4 Å². The molecule has 7 atom stereocenters. The van der Waals surface area contributed by atoms with Gasteiger partial charge in [0.2, 0.25) is 0 Å². The molecule has 0 heteroatoms. The molecule has 102 valence electrons. The minimum absolute atomic E-state index is 0.343. The van der Waals surface area contributed by atoms with Crippen molar-refractivity contribution in [3.8, 4) is 24.7 Å². The first kappa shape index (κ1) is 17.1. The Kier molecular flexibility index (Phi) is 7.16. The lowest BCUT2D eigenvalue weighted by atomic mass is 9.69. The van der Waals surface area contributed by atoms with Crippen LogP contribution < -0.4 is 0 Å². The Bertz CT molecular complexity index is 282. The zero-order chi connectivity index (χ0) is 14.5. The van der Waals surface area contributed by atoms with Crippen molar-refractivity contribution in [2.75, 3.05) is 0 Å². The molecule has 0 aliphatic rings. The third kappa shape index (κ3) is 4.10. The van der Waals surface area contributed by atoms with Crippen molar-refractivity contribution in [3.63, 3.8) is 0 Å². The summed E-state index contributed by atoms with van der Waals surface area (Å²) in [4.78, 5) is 0. The Labute approximate surface area is 115 Å². The van der Waals surface area contributed by atoms with E-state index in [2.05, 4.69) is 60.3 Å². The monoisotopic (exact) mass is 246 g/mol. The largest absolute Gasteiger partial charge is 0.120 e. The minimum atomic E-state index is 0.343. The van der Waals surface area contributed by atoms with E-state index >= 15 is 0 Å². The molecule has 0 radical (unpaired) electrons. The van der Waals surface area contributed by atoms with E-state index in [0.717, 1.165) is 0 Å². The molecule has 1 unspecified atom stereocenters. The lowest BCUT2D eigenvalue weighted by molar-refractivity contribution is 0.140. The van der Waals surface area contributed by atoms with Gasteiger partial charge in [-0.2, -0.15) is 0 Å². The van der Waals surface area contributed by atoms with Crippen LogP contribution in [0.15, 0.2) is 0 Å². The molecule has 0 rings (SSSR count). The van der Waals surface area contributed by atoms with E-state index in [4.69, 9.17) is 12.8 Å². The number of hydrogen-bond donors (Lipinski definition) is 0. The molecule has 0 N–H and O–H groups in total. The van der Waals surface area contributed by atoms with Gasteiger partial charge in [0, 0.05) is 11.8 Å². The zero-order valence-electron chi connectivity index (χ0n) is 13.2. The summed E-state index contributed by atoms with van der Waals surface area (Å²) in [7, 11) is 0.